The van der Waals surface area contributed by atoms with E-state index in [4.69, 9.17) is 5.11 Å². The number of hydrogen-bond donors (Lipinski definition) is 2. The third kappa shape index (κ3) is 5.03. The molecule has 0 spiro atoms. The van der Waals surface area contributed by atoms with Crippen LogP contribution in [0.15, 0.2) is 12.2 Å². The molecular weight excluding hydrogens is 222 g/mol. The van der Waals surface area contributed by atoms with Gasteiger partial charge in [0.15, 0.2) is 0 Å². The van der Waals surface area contributed by atoms with Gasteiger partial charge in [-0.2, -0.15) is 0 Å². The molecule has 92 valence electrons. The van der Waals surface area contributed by atoms with Crippen molar-refractivity contribution in [3.8, 4) is 0 Å². The van der Waals surface area contributed by atoms with Crippen molar-refractivity contribution in [2.24, 2.45) is 5.92 Å². The van der Waals surface area contributed by atoms with Gasteiger partial charge in [0.2, 0.25) is 5.91 Å². The quantitative estimate of drug-likeness (QED) is 0.737. The average Bonchev–Trinajstić information content (AvgIpc) is 2.61. The molecule has 0 saturated heterocycles. The van der Waals surface area contributed by atoms with E-state index in [0.29, 0.717) is 5.75 Å². The van der Waals surface area contributed by atoms with Crippen LogP contribution in [0.3, 0.4) is 0 Å². The summed E-state index contributed by atoms with van der Waals surface area (Å²) in [6.45, 7) is 6.46. The van der Waals surface area contributed by atoms with Crippen LogP contribution in [-0.2, 0) is 4.79 Å². The zero-order valence-electron chi connectivity index (χ0n) is 10.2. The third-order valence-corrected chi connectivity index (χ3v) is 3.66. The van der Waals surface area contributed by atoms with Gasteiger partial charge in [-0.1, -0.05) is 32.9 Å². The highest BCUT2D eigenvalue weighted by molar-refractivity contribution is 8.01. The van der Waals surface area contributed by atoms with Crippen molar-refractivity contribution in [3.63, 3.8) is 0 Å². The zero-order valence-corrected chi connectivity index (χ0v) is 11.0. The molecule has 4 heteroatoms. The van der Waals surface area contributed by atoms with Crippen molar-refractivity contribution >= 4 is 17.7 Å². The molecule has 0 fully saturated rings. The van der Waals surface area contributed by atoms with Gasteiger partial charge in [-0.15, -0.1) is 11.8 Å². The summed E-state index contributed by atoms with van der Waals surface area (Å²) < 4.78 is 0.122. The third-order valence-electron chi connectivity index (χ3n) is 2.39. The minimum Gasteiger partial charge on any atom is -0.396 e. The molecule has 2 N–H and O–H groups in total. The summed E-state index contributed by atoms with van der Waals surface area (Å²) in [4.78, 5) is 11.6. The van der Waals surface area contributed by atoms with Crippen LogP contribution >= 0.6 is 11.8 Å². The smallest absolute Gasteiger partial charge is 0.230 e. The van der Waals surface area contributed by atoms with E-state index in [9.17, 15) is 4.79 Å². The lowest BCUT2D eigenvalue weighted by atomic mass is 10.1. The summed E-state index contributed by atoms with van der Waals surface area (Å²) >= 11 is 1.65. The van der Waals surface area contributed by atoms with Crippen molar-refractivity contribution in [1.29, 1.82) is 0 Å². The standard InChI is InChI=1S/C12H21NO2S/c1-12(2,3)16-8-11(15)13-10-5-4-9(6-10)7-14/h4-5,9-10,14H,6-8H2,1-3H3,(H,13,15)/t9-,10+/m0/s1. The Morgan fingerprint density at radius 3 is 2.69 bits per heavy atom. The van der Waals surface area contributed by atoms with Gasteiger partial charge in [0.25, 0.3) is 0 Å². The number of amides is 1. The van der Waals surface area contributed by atoms with Crippen LogP contribution in [-0.4, -0.2) is 34.2 Å². The maximum atomic E-state index is 11.6. The first-order valence-corrected chi connectivity index (χ1v) is 6.62. The summed E-state index contributed by atoms with van der Waals surface area (Å²) in [6.07, 6.45) is 4.77. The largest absolute Gasteiger partial charge is 0.396 e. The molecule has 1 amide bonds. The van der Waals surface area contributed by atoms with Crippen molar-refractivity contribution in [2.75, 3.05) is 12.4 Å². The van der Waals surface area contributed by atoms with Crippen molar-refractivity contribution in [1.82, 2.24) is 5.32 Å². The van der Waals surface area contributed by atoms with Crippen LogP contribution < -0.4 is 5.32 Å². The molecule has 3 nitrogen and oxygen atoms in total. The molecule has 0 bridgehead atoms. The number of aliphatic hydroxyl groups excluding tert-OH is 1. The van der Waals surface area contributed by atoms with E-state index in [0.717, 1.165) is 6.42 Å². The highest BCUT2D eigenvalue weighted by Crippen LogP contribution is 2.23. The Labute approximate surface area is 102 Å². The number of aliphatic hydroxyl groups is 1. The first-order valence-electron chi connectivity index (χ1n) is 5.63. The maximum Gasteiger partial charge on any atom is 0.230 e. The number of hydrogen-bond acceptors (Lipinski definition) is 3. The van der Waals surface area contributed by atoms with Gasteiger partial charge >= 0.3 is 0 Å². The van der Waals surface area contributed by atoms with Crippen molar-refractivity contribution in [3.05, 3.63) is 12.2 Å². The van der Waals surface area contributed by atoms with Crippen LogP contribution in [0.1, 0.15) is 27.2 Å². The first kappa shape index (κ1) is 13.6. The fourth-order valence-corrected chi connectivity index (χ4v) is 2.19. The molecule has 0 radical (unpaired) electrons. The summed E-state index contributed by atoms with van der Waals surface area (Å²) in [6, 6.07) is 0.102. The Kier molecular flexibility index (Phi) is 4.87. The predicted octanol–water partition coefficient (Wildman–Crippen LogP) is 1.57. The Morgan fingerprint density at radius 2 is 2.19 bits per heavy atom. The van der Waals surface area contributed by atoms with E-state index in [1.807, 2.05) is 12.2 Å². The van der Waals surface area contributed by atoms with E-state index >= 15 is 0 Å². The molecule has 16 heavy (non-hydrogen) atoms. The second-order valence-corrected chi connectivity index (χ2v) is 6.94. The Balaban J connectivity index is 2.23. The molecule has 0 aromatic carbocycles. The molecule has 1 aliphatic carbocycles. The number of rotatable bonds is 4. The molecule has 0 unspecified atom stereocenters. The molecule has 0 aromatic heterocycles. The topological polar surface area (TPSA) is 49.3 Å². The van der Waals surface area contributed by atoms with Gasteiger partial charge in [0, 0.05) is 23.3 Å². The Bertz CT molecular complexity index is 271. The van der Waals surface area contributed by atoms with Crippen LogP contribution in [0.25, 0.3) is 0 Å². The molecule has 1 aliphatic rings. The van der Waals surface area contributed by atoms with Gasteiger partial charge in [-0.05, 0) is 6.42 Å². The number of thioether (sulfide) groups is 1. The molecule has 0 saturated carbocycles. The lowest BCUT2D eigenvalue weighted by Gasteiger charge is -2.18. The second kappa shape index (κ2) is 5.73. The van der Waals surface area contributed by atoms with Crippen LogP contribution in [0.4, 0.5) is 0 Å². The van der Waals surface area contributed by atoms with Crippen molar-refractivity contribution < 1.29 is 9.90 Å². The summed E-state index contributed by atoms with van der Waals surface area (Å²) in [5, 5.41) is 11.9. The van der Waals surface area contributed by atoms with Crippen LogP contribution in [0.2, 0.25) is 0 Å². The van der Waals surface area contributed by atoms with Gasteiger partial charge in [-0.25, -0.2) is 0 Å². The number of carbonyl (C=O) groups is 1. The van der Waals surface area contributed by atoms with E-state index < -0.39 is 0 Å². The van der Waals surface area contributed by atoms with Gasteiger partial charge in [-0.3, -0.25) is 4.79 Å². The molecule has 2 atom stereocenters. The van der Waals surface area contributed by atoms with Gasteiger partial charge < -0.3 is 10.4 Å². The number of carbonyl (C=O) groups excluding carboxylic acids is 1. The highest BCUT2D eigenvalue weighted by atomic mass is 32.2. The SMILES string of the molecule is CC(C)(C)SCC(=O)N[C@@H]1C=C[C@H](CO)C1. The van der Waals surface area contributed by atoms with E-state index in [1.54, 1.807) is 11.8 Å². The molecule has 0 heterocycles. The molecule has 0 aromatic rings. The minimum atomic E-state index is 0.0770. The fourth-order valence-electron chi connectivity index (χ4n) is 1.55. The predicted molar refractivity (Wildman–Crippen MR) is 68.5 cm³/mol. The summed E-state index contributed by atoms with van der Waals surface area (Å²) in [7, 11) is 0. The number of nitrogens with one attached hydrogen (secondary N) is 1. The van der Waals surface area contributed by atoms with Crippen LogP contribution in [0, 0.1) is 5.92 Å². The zero-order chi connectivity index (χ0) is 12.2. The monoisotopic (exact) mass is 243 g/mol. The first-order chi connectivity index (χ1) is 7.40. The van der Waals surface area contributed by atoms with Crippen molar-refractivity contribution in [2.45, 2.75) is 38.0 Å². The second-order valence-electron chi connectivity index (χ2n) is 5.14. The fraction of sp³-hybridized carbons (Fsp3) is 0.750. The molecule has 0 aliphatic heterocycles. The molecular formula is C12H21NO2S. The van der Waals surface area contributed by atoms with E-state index in [1.165, 1.54) is 0 Å². The average molecular weight is 243 g/mol. The Hall–Kier alpha value is -0.480. The van der Waals surface area contributed by atoms with E-state index in [2.05, 4.69) is 26.1 Å². The minimum absolute atomic E-state index is 0.0770. The highest BCUT2D eigenvalue weighted by Gasteiger charge is 2.20. The lowest BCUT2D eigenvalue weighted by molar-refractivity contribution is -0.119. The lowest BCUT2D eigenvalue weighted by Crippen LogP contribution is -2.35. The normalized spacial score (nSPS) is 24.8. The maximum absolute atomic E-state index is 11.6. The Morgan fingerprint density at radius 1 is 1.50 bits per heavy atom. The van der Waals surface area contributed by atoms with E-state index in [-0.39, 0.29) is 29.2 Å². The van der Waals surface area contributed by atoms with Crippen LogP contribution in [0.5, 0.6) is 0 Å². The van der Waals surface area contributed by atoms with Gasteiger partial charge in [0.1, 0.15) is 0 Å². The summed E-state index contributed by atoms with van der Waals surface area (Å²) in [5.41, 5.74) is 0. The molecule has 1 rings (SSSR count). The summed E-state index contributed by atoms with van der Waals surface area (Å²) in [5.74, 6) is 0.784. The van der Waals surface area contributed by atoms with Gasteiger partial charge in [0.05, 0.1) is 5.75 Å².